The van der Waals surface area contributed by atoms with Crippen LogP contribution >= 0.6 is 0 Å². The van der Waals surface area contributed by atoms with Crippen molar-refractivity contribution in [2.45, 2.75) is 6.92 Å². The summed E-state index contributed by atoms with van der Waals surface area (Å²) in [5.41, 5.74) is 1.55. The van der Waals surface area contributed by atoms with E-state index in [2.05, 4.69) is 9.88 Å². The van der Waals surface area contributed by atoms with E-state index in [1.54, 1.807) is 13.2 Å². The monoisotopic (exact) mass is 290 g/mol. The van der Waals surface area contributed by atoms with Gasteiger partial charge in [0.05, 0.1) is 18.9 Å². The van der Waals surface area contributed by atoms with Gasteiger partial charge >= 0.3 is 5.69 Å². The summed E-state index contributed by atoms with van der Waals surface area (Å²) in [4.78, 5) is 31.0. The lowest BCUT2D eigenvalue weighted by Gasteiger charge is -2.30. The third-order valence-corrected chi connectivity index (χ3v) is 3.95. The zero-order chi connectivity index (χ0) is 15.1. The van der Waals surface area contributed by atoms with Crippen LogP contribution in [0.15, 0.2) is 15.8 Å². The summed E-state index contributed by atoms with van der Waals surface area (Å²) >= 11 is 0. The molecule has 1 fully saturated rings. The first kappa shape index (κ1) is 13.8. The average Bonchev–Trinajstić information content (AvgIpc) is 2.51. The van der Waals surface area contributed by atoms with E-state index >= 15 is 0 Å². The second-order valence-corrected chi connectivity index (χ2v) is 5.29. The van der Waals surface area contributed by atoms with Crippen molar-refractivity contribution in [3.05, 3.63) is 32.6 Å². The van der Waals surface area contributed by atoms with Crippen molar-refractivity contribution < 1.29 is 4.74 Å². The highest BCUT2D eigenvalue weighted by Gasteiger charge is 2.21. The van der Waals surface area contributed by atoms with Crippen LogP contribution in [0.4, 0.5) is 5.69 Å². The van der Waals surface area contributed by atoms with Crippen molar-refractivity contribution in [2.24, 2.45) is 14.1 Å². The van der Waals surface area contributed by atoms with Crippen LogP contribution in [0.5, 0.6) is 0 Å². The van der Waals surface area contributed by atoms with Gasteiger partial charge in [-0.3, -0.25) is 13.9 Å². The van der Waals surface area contributed by atoms with E-state index in [1.165, 1.54) is 11.6 Å². The number of fused-ring (bicyclic) bond motifs is 1. The molecule has 1 aliphatic heterocycles. The second kappa shape index (κ2) is 5.00. The molecule has 21 heavy (non-hydrogen) atoms. The summed E-state index contributed by atoms with van der Waals surface area (Å²) in [5, 5.41) is 0.501. The van der Waals surface area contributed by atoms with Crippen molar-refractivity contribution in [2.75, 3.05) is 31.2 Å². The molecule has 7 nitrogen and oxygen atoms in total. The third-order valence-electron chi connectivity index (χ3n) is 3.95. The summed E-state index contributed by atoms with van der Waals surface area (Å²) < 4.78 is 7.92. The Kier molecular flexibility index (Phi) is 3.29. The quantitative estimate of drug-likeness (QED) is 0.726. The number of ether oxygens (including phenoxy) is 1. The minimum absolute atomic E-state index is 0.300. The Balaban J connectivity index is 2.40. The van der Waals surface area contributed by atoms with Gasteiger partial charge in [0.1, 0.15) is 5.39 Å². The fraction of sp³-hybridized carbons (Fsp3) is 0.500. The van der Waals surface area contributed by atoms with Gasteiger partial charge < -0.3 is 9.64 Å². The molecule has 3 heterocycles. The molecule has 0 bridgehead atoms. The molecule has 2 aromatic rings. The highest BCUT2D eigenvalue weighted by molar-refractivity contribution is 5.90. The number of hydrogen-bond acceptors (Lipinski definition) is 5. The van der Waals surface area contributed by atoms with Crippen LogP contribution in [-0.4, -0.2) is 40.4 Å². The molecule has 112 valence electrons. The SMILES string of the molecule is Cc1cnc2c(c1N1CCOCC1)c(=O)n(C)c(=O)n2C. The van der Waals surface area contributed by atoms with Crippen LogP contribution in [-0.2, 0) is 18.8 Å². The summed E-state index contributed by atoms with van der Waals surface area (Å²) in [6, 6.07) is 0. The second-order valence-electron chi connectivity index (χ2n) is 5.29. The van der Waals surface area contributed by atoms with Gasteiger partial charge in [-0.15, -0.1) is 0 Å². The number of pyridine rings is 1. The normalized spacial score (nSPS) is 15.7. The lowest BCUT2D eigenvalue weighted by Crippen LogP contribution is -2.41. The Hall–Kier alpha value is -2.15. The number of aromatic nitrogens is 3. The van der Waals surface area contributed by atoms with Crippen LogP contribution in [0.25, 0.3) is 11.0 Å². The zero-order valence-electron chi connectivity index (χ0n) is 12.4. The molecule has 7 heteroatoms. The largest absolute Gasteiger partial charge is 0.378 e. The van der Waals surface area contributed by atoms with Crippen LogP contribution in [0.1, 0.15) is 5.56 Å². The van der Waals surface area contributed by atoms with E-state index < -0.39 is 0 Å². The number of anilines is 1. The van der Waals surface area contributed by atoms with E-state index in [9.17, 15) is 9.59 Å². The van der Waals surface area contributed by atoms with Gasteiger partial charge in [0, 0.05) is 33.4 Å². The van der Waals surface area contributed by atoms with Gasteiger partial charge in [-0.2, -0.15) is 0 Å². The molecule has 0 N–H and O–H groups in total. The Labute approximate surface area is 121 Å². The molecule has 0 saturated carbocycles. The molecular weight excluding hydrogens is 272 g/mol. The average molecular weight is 290 g/mol. The standard InChI is InChI=1S/C14H18N4O3/c1-9-8-15-12-10(11(9)18-4-6-21-7-5-18)13(19)17(3)14(20)16(12)2/h8H,4-7H2,1-3H3. The fourth-order valence-corrected chi connectivity index (χ4v) is 2.80. The summed E-state index contributed by atoms with van der Waals surface area (Å²) in [5.74, 6) is 0. The molecule has 1 aliphatic rings. The van der Waals surface area contributed by atoms with Crippen LogP contribution in [0.3, 0.4) is 0 Å². The van der Waals surface area contributed by atoms with Crippen LogP contribution in [0, 0.1) is 6.92 Å². The third kappa shape index (κ3) is 2.04. The van der Waals surface area contributed by atoms with Gasteiger partial charge in [0.25, 0.3) is 5.56 Å². The number of morpholine rings is 1. The lowest BCUT2D eigenvalue weighted by atomic mass is 10.1. The smallest absolute Gasteiger partial charge is 0.332 e. The molecule has 0 radical (unpaired) electrons. The van der Waals surface area contributed by atoms with E-state index in [4.69, 9.17) is 4.74 Å². The number of rotatable bonds is 1. The Morgan fingerprint density at radius 1 is 1.14 bits per heavy atom. The van der Waals surface area contributed by atoms with E-state index in [0.29, 0.717) is 24.2 Å². The predicted molar refractivity (Wildman–Crippen MR) is 80.0 cm³/mol. The minimum Gasteiger partial charge on any atom is -0.378 e. The van der Waals surface area contributed by atoms with E-state index in [1.807, 2.05) is 6.92 Å². The summed E-state index contributed by atoms with van der Waals surface area (Å²) in [6.07, 6.45) is 1.71. The van der Waals surface area contributed by atoms with E-state index in [-0.39, 0.29) is 11.2 Å². The topological polar surface area (TPSA) is 69.4 Å². The molecule has 3 rings (SSSR count). The van der Waals surface area contributed by atoms with Gasteiger partial charge in [0.15, 0.2) is 5.65 Å². The van der Waals surface area contributed by atoms with Crippen molar-refractivity contribution in [1.29, 1.82) is 0 Å². The molecular formula is C14H18N4O3. The summed E-state index contributed by atoms with van der Waals surface area (Å²) in [7, 11) is 3.13. The van der Waals surface area contributed by atoms with Gasteiger partial charge in [-0.05, 0) is 12.5 Å². The van der Waals surface area contributed by atoms with Crippen molar-refractivity contribution in [3.63, 3.8) is 0 Å². The first-order valence-electron chi connectivity index (χ1n) is 6.90. The highest BCUT2D eigenvalue weighted by Crippen LogP contribution is 2.26. The maximum atomic E-state index is 12.6. The molecule has 1 saturated heterocycles. The first-order valence-corrected chi connectivity index (χ1v) is 6.90. The highest BCUT2D eigenvalue weighted by atomic mass is 16.5. The molecule has 0 amide bonds. The predicted octanol–water partition coefficient (Wildman–Crippen LogP) is -0.223. The van der Waals surface area contributed by atoms with Crippen molar-refractivity contribution in [1.82, 2.24) is 14.1 Å². The number of aryl methyl sites for hydroxylation is 2. The Morgan fingerprint density at radius 3 is 2.48 bits per heavy atom. The first-order chi connectivity index (χ1) is 10.0. The molecule has 0 atom stereocenters. The maximum absolute atomic E-state index is 12.6. The molecule has 0 aliphatic carbocycles. The maximum Gasteiger partial charge on any atom is 0.332 e. The van der Waals surface area contributed by atoms with Gasteiger partial charge in [-0.25, -0.2) is 9.78 Å². The lowest BCUT2D eigenvalue weighted by molar-refractivity contribution is 0.123. The molecule has 0 spiro atoms. The Bertz CT molecular complexity index is 816. The van der Waals surface area contributed by atoms with Crippen LogP contribution < -0.4 is 16.1 Å². The van der Waals surface area contributed by atoms with Crippen molar-refractivity contribution >= 4 is 16.7 Å². The van der Waals surface area contributed by atoms with Gasteiger partial charge in [0.2, 0.25) is 0 Å². The van der Waals surface area contributed by atoms with Gasteiger partial charge in [-0.1, -0.05) is 0 Å². The minimum atomic E-state index is -0.364. The summed E-state index contributed by atoms with van der Waals surface area (Å²) in [6.45, 7) is 4.66. The van der Waals surface area contributed by atoms with Crippen molar-refractivity contribution in [3.8, 4) is 0 Å². The fourth-order valence-electron chi connectivity index (χ4n) is 2.80. The van der Waals surface area contributed by atoms with E-state index in [0.717, 1.165) is 28.9 Å². The number of nitrogens with zero attached hydrogens (tertiary/aromatic N) is 4. The molecule has 2 aromatic heterocycles. The Morgan fingerprint density at radius 2 is 1.81 bits per heavy atom. The number of hydrogen-bond donors (Lipinski definition) is 0. The molecule has 0 aromatic carbocycles. The zero-order valence-corrected chi connectivity index (χ0v) is 12.4. The van der Waals surface area contributed by atoms with Crippen LogP contribution in [0.2, 0.25) is 0 Å². The molecule has 0 unspecified atom stereocenters.